The van der Waals surface area contributed by atoms with Gasteiger partial charge in [0.25, 0.3) is 0 Å². The number of aromatic amines is 1. The van der Waals surface area contributed by atoms with E-state index in [1.807, 2.05) is 37.3 Å². The Morgan fingerprint density at radius 1 is 1.23 bits per heavy atom. The lowest BCUT2D eigenvalue weighted by Gasteiger charge is -2.09. The standard InChI is InChI=1S/C18H17ClN4O2S/c1-3-25-15-9-4-12(10-16(15)24-2)11-20-23-17(21-22-18(23)26)13-5-7-14(19)8-6-13/h4-11H,3H2,1-2H3,(H,22,26)/b20-11-. The molecule has 26 heavy (non-hydrogen) atoms. The van der Waals surface area contributed by atoms with Gasteiger partial charge in [-0.1, -0.05) is 11.6 Å². The number of hydrogen-bond acceptors (Lipinski definition) is 5. The summed E-state index contributed by atoms with van der Waals surface area (Å²) in [5.74, 6) is 1.93. The molecule has 0 bridgehead atoms. The first-order valence-electron chi connectivity index (χ1n) is 7.91. The fourth-order valence-corrected chi connectivity index (χ4v) is 2.65. The highest BCUT2D eigenvalue weighted by Crippen LogP contribution is 2.27. The lowest BCUT2D eigenvalue weighted by molar-refractivity contribution is 0.311. The van der Waals surface area contributed by atoms with Crippen LogP contribution in [0.1, 0.15) is 12.5 Å². The van der Waals surface area contributed by atoms with Crippen molar-refractivity contribution in [3.8, 4) is 22.9 Å². The number of aromatic nitrogens is 3. The van der Waals surface area contributed by atoms with E-state index in [4.69, 9.17) is 33.3 Å². The summed E-state index contributed by atoms with van der Waals surface area (Å²) >= 11 is 11.2. The third-order valence-corrected chi connectivity index (χ3v) is 4.08. The summed E-state index contributed by atoms with van der Waals surface area (Å²) < 4.78 is 12.8. The summed E-state index contributed by atoms with van der Waals surface area (Å²) in [5.41, 5.74) is 1.69. The molecule has 3 rings (SSSR count). The highest BCUT2D eigenvalue weighted by atomic mass is 35.5. The van der Waals surface area contributed by atoms with Gasteiger partial charge in [0, 0.05) is 10.6 Å². The maximum absolute atomic E-state index is 5.94. The number of halogens is 1. The molecule has 0 saturated carbocycles. The fraction of sp³-hybridized carbons (Fsp3) is 0.167. The van der Waals surface area contributed by atoms with Crippen LogP contribution < -0.4 is 9.47 Å². The molecule has 0 unspecified atom stereocenters. The number of rotatable bonds is 6. The lowest BCUT2D eigenvalue weighted by atomic mass is 10.2. The Kier molecular flexibility index (Phi) is 5.70. The first-order valence-corrected chi connectivity index (χ1v) is 8.69. The van der Waals surface area contributed by atoms with Crippen molar-refractivity contribution >= 4 is 30.0 Å². The summed E-state index contributed by atoms with van der Waals surface area (Å²) in [4.78, 5) is 0. The molecule has 1 aromatic heterocycles. The van der Waals surface area contributed by atoms with Gasteiger partial charge in [0.2, 0.25) is 4.77 Å². The van der Waals surface area contributed by atoms with Gasteiger partial charge in [-0.25, -0.2) is 5.10 Å². The number of hydrogen-bond donors (Lipinski definition) is 1. The maximum Gasteiger partial charge on any atom is 0.216 e. The van der Waals surface area contributed by atoms with Gasteiger partial charge >= 0.3 is 0 Å². The summed E-state index contributed by atoms with van der Waals surface area (Å²) in [7, 11) is 1.60. The normalized spacial score (nSPS) is 11.0. The van der Waals surface area contributed by atoms with E-state index in [2.05, 4.69) is 15.3 Å². The smallest absolute Gasteiger partial charge is 0.216 e. The van der Waals surface area contributed by atoms with E-state index in [0.29, 0.717) is 33.7 Å². The van der Waals surface area contributed by atoms with Crippen LogP contribution in [-0.4, -0.2) is 34.8 Å². The van der Waals surface area contributed by atoms with Crippen LogP contribution >= 0.6 is 23.8 Å². The number of H-pyrrole nitrogens is 1. The third-order valence-electron chi connectivity index (χ3n) is 3.56. The van der Waals surface area contributed by atoms with Crippen molar-refractivity contribution in [2.24, 2.45) is 5.10 Å². The summed E-state index contributed by atoms with van der Waals surface area (Å²) in [6.45, 7) is 2.49. The first kappa shape index (κ1) is 18.2. The number of ether oxygens (including phenoxy) is 2. The van der Waals surface area contributed by atoms with Gasteiger partial charge in [-0.15, -0.1) is 0 Å². The summed E-state index contributed by atoms with van der Waals surface area (Å²) in [5, 5.41) is 12.1. The minimum atomic E-state index is 0.393. The predicted octanol–water partition coefficient (Wildman–Crippen LogP) is 4.55. The molecule has 0 aliphatic carbocycles. The Labute approximate surface area is 161 Å². The number of benzene rings is 2. The molecule has 3 aromatic rings. The number of methoxy groups -OCH3 is 1. The Hall–Kier alpha value is -2.64. The van der Waals surface area contributed by atoms with Crippen LogP contribution in [-0.2, 0) is 0 Å². The molecule has 6 nitrogen and oxygen atoms in total. The van der Waals surface area contributed by atoms with E-state index < -0.39 is 0 Å². The molecule has 0 atom stereocenters. The molecule has 0 aliphatic heterocycles. The highest BCUT2D eigenvalue weighted by molar-refractivity contribution is 7.71. The van der Waals surface area contributed by atoms with Crippen molar-refractivity contribution in [3.63, 3.8) is 0 Å². The molecule has 0 fully saturated rings. The number of nitrogens with one attached hydrogen (secondary N) is 1. The average Bonchev–Trinajstić information content (AvgIpc) is 3.02. The second kappa shape index (κ2) is 8.16. The zero-order valence-electron chi connectivity index (χ0n) is 14.3. The largest absolute Gasteiger partial charge is 0.493 e. The third kappa shape index (κ3) is 3.95. The molecule has 1 N–H and O–H groups in total. The quantitative estimate of drug-likeness (QED) is 0.497. The van der Waals surface area contributed by atoms with E-state index in [-0.39, 0.29) is 0 Å². The maximum atomic E-state index is 5.94. The summed E-state index contributed by atoms with van der Waals surface area (Å²) in [6, 6.07) is 12.9. The first-order chi connectivity index (χ1) is 12.6. The van der Waals surface area contributed by atoms with Crippen LogP contribution in [0.5, 0.6) is 11.5 Å². The van der Waals surface area contributed by atoms with E-state index in [1.165, 1.54) is 0 Å². The highest BCUT2D eigenvalue weighted by Gasteiger charge is 2.08. The van der Waals surface area contributed by atoms with Crippen LogP contribution in [0.3, 0.4) is 0 Å². The molecular weight excluding hydrogens is 372 g/mol. The van der Waals surface area contributed by atoms with E-state index >= 15 is 0 Å². The van der Waals surface area contributed by atoms with Gasteiger partial charge in [0.05, 0.1) is 19.9 Å². The van der Waals surface area contributed by atoms with Gasteiger partial charge in [0.15, 0.2) is 17.3 Å². The van der Waals surface area contributed by atoms with Crippen LogP contribution in [0.25, 0.3) is 11.4 Å². The van der Waals surface area contributed by atoms with Crippen LogP contribution in [0, 0.1) is 4.77 Å². The van der Waals surface area contributed by atoms with Crippen molar-refractivity contribution < 1.29 is 9.47 Å². The van der Waals surface area contributed by atoms with E-state index in [9.17, 15) is 0 Å². The second-order valence-electron chi connectivity index (χ2n) is 5.26. The predicted molar refractivity (Wildman–Crippen MR) is 105 cm³/mol. The molecule has 0 amide bonds. The summed E-state index contributed by atoms with van der Waals surface area (Å²) in [6.07, 6.45) is 1.68. The minimum absolute atomic E-state index is 0.393. The Bertz CT molecular complexity index is 980. The van der Waals surface area contributed by atoms with Crippen molar-refractivity contribution in [1.82, 2.24) is 14.9 Å². The molecule has 1 heterocycles. The van der Waals surface area contributed by atoms with Crippen molar-refractivity contribution in [3.05, 3.63) is 57.8 Å². The molecule has 134 valence electrons. The molecule has 8 heteroatoms. The van der Waals surface area contributed by atoms with Crippen molar-refractivity contribution in [2.75, 3.05) is 13.7 Å². The van der Waals surface area contributed by atoms with E-state index in [1.54, 1.807) is 30.1 Å². The van der Waals surface area contributed by atoms with Crippen molar-refractivity contribution in [2.45, 2.75) is 6.92 Å². The zero-order chi connectivity index (χ0) is 18.5. The Morgan fingerprint density at radius 2 is 2.00 bits per heavy atom. The van der Waals surface area contributed by atoms with Crippen LogP contribution in [0.4, 0.5) is 0 Å². The SMILES string of the molecule is CCOc1ccc(/C=N\n2c(-c3ccc(Cl)cc3)n[nH]c2=S)cc1OC. The topological polar surface area (TPSA) is 64.4 Å². The Morgan fingerprint density at radius 3 is 2.69 bits per heavy atom. The van der Waals surface area contributed by atoms with Crippen molar-refractivity contribution in [1.29, 1.82) is 0 Å². The lowest BCUT2D eigenvalue weighted by Crippen LogP contribution is -1.97. The van der Waals surface area contributed by atoms with E-state index in [0.717, 1.165) is 11.1 Å². The minimum Gasteiger partial charge on any atom is -0.493 e. The monoisotopic (exact) mass is 388 g/mol. The molecular formula is C18H17ClN4O2S. The number of nitrogens with zero attached hydrogens (tertiary/aromatic N) is 3. The molecule has 0 radical (unpaired) electrons. The van der Waals surface area contributed by atoms with Gasteiger partial charge in [-0.05, 0) is 67.2 Å². The molecule has 0 saturated heterocycles. The Balaban J connectivity index is 1.93. The van der Waals surface area contributed by atoms with Gasteiger partial charge in [-0.3, -0.25) is 0 Å². The van der Waals surface area contributed by atoms with Crippen LogP contribution in [0.15, 0.2) is 47.6 Å². The fourth-order valence-electron chi connectivity index (χ4n) is 2.35. The molecule has 2 aromatic carbocycles. The van der Waals surface area contributed by atoms with Gasteiger partial charge in [0.1, 0.15) is 0 Å². The molecule has 0 spiro atoms. The average molecular weight is 389 g/mol. The van der Waals surface area contributed by atoms with Gasteiger partial charge in [-0.2, -0.15) is 14.9 Å². The zero-order valence-corrected chi connectivity index (χ0v) is 15.8. The second-order valence-corrected chi connectivity index (χ2v) is 6.08. The van der Waals surface area contributed by atoms with Gasteiger partial charge < -0.3 is 9.47 Å². The van der Waals surface area contributed by atoms with Crippen LogP contribution in [0.2, 0.25) is 5.02 Å². The molecule has 0 aliphatic rings.